The molecule has 0 saturated carbocycles. The maximum Gasteiger partial charge on any atom is -0.00261 e. The monoisotopic (exact) mass is 190 g/mol. The molecule has 0 heterocycles. The highest BCUT2D eigenvalue weighted by Gasteiger charge is 1.86. The predicted octanol–water partition coefficient (Wildman–Crippen LogP) is 5.11. The Hall–Kier alpha value is 0.0900. The molecule has 0 N–H and O–H groups in total. The molecule has 0 atom stereocenters. The van der Waals surface area contributed by atoms with Gasteiger partial charge in [0, 0.05) is 0 Å². The zero-order valence-electron chi connectivity index (χ0n) is 9.74. The van der Waals surface area contributed by atoms with Crippen LogP contribution in [0.5, 0.6) is 0 Å². The first kappa shape index (κ1) is 18.0. The van der Waals surface area contributed by atoms with E-state index in [1.54, 1.807) is 0 Å². The van der Waals surface area contributed by atoms with Gasteiger partial charge < -0.3 is 0 Å². The predicted molar refractivity (Wildman–Crippen MR) is 64.9 cm³/mol. The number of hydrogen-bond acceptors (Lipinski definition) is 1. The second-order valence-electron chi connectivity index (χ2n) is 1.74. The van der Waals surface area contributed by atoms with E-state index in [1.165, 1.54) is 17.1 Å². The third-order valence-electron chi connectivity index (χ3n) is 0.905. The molecule has 0 nitrogen and oxygen atoms in total. The molecule has 0 aromatic rings. The van der Waals surface area contributed by atoms with Crippen molar-refractivity contribution in [2.75, 3.05) is 5.75 Å². The van der Waals surface area contributed by atoms with Crippen molar-refractivity contribution in [1.82, 2.24) is 0 Å². The second-order valence-corrected chi connectivity index (χ2v) is 3.01. The summed E-state index contributed by atoms with van der Waals surface area (Å²) in [4.78, 5) is 1.31. The van der Waals surface area contributed by atoms with Crippen molar-refractivity contribution in [2.24, 2.45) is 0 Å². The standard InChI is InChI=1S/C7H14S.2C2H6/c1-4-6-8-7(3)5-2;2*1-2/h3-6H2,1-2H3;2*1-2H3. The molecule has 0 spiro atoms. The van der Waals surface area contributed by atoms with Crippen LogP contribution in [0.1, 0.15) is 54.4 Å². The van der Waals surface area contributed by atoms with Crippen molar-refractivity contribution < 1.29 is 0 Å². The molecule has 0 bridgehead atoms. The summed E-state index contributed by atoms with van der Waals surface area (Å²) in [7, 11) is 0. The van der Waals surface area contributed by atoms with E-state index in [1.807, 2.05) is 39.5 Å². The van der Waals surface area contributed by atoms with Crippen LogP contribution in [0.25, 0.3) is 0 Å². The van der Waals surface area contributed by atoms with E-state index in [2.05, 4.69) is 20.4 Å². The highest BCUT2D eigenvalue weighted by Crippen LogP contribution is 2.16. The zero-order chi connectivity index (χ0) is 10.4. The van der Waals surface area contributed by atoms with Crippen molar-refractivity contribution in [3.63, 3.8) is 0 Å². The van der Waals surface area contributed by atoms with Crippen LogP contribution in [0, 0.1) is 0 Å². The van der Waals surface area contributed by atoms with E-state index in [0.29, 0.717) is 0 Å². The van der Waals surface area contributed by atoms with E-state index in [0.717, 1.165) is 6.42 Å². The summed E-state index contributed by atoms with van der Waals surface area (Å²) in [6, 6.07) is 0. The summed E-state index contributed by atoms with van der Waals surface area (Å²) in [6.07, 6.45) is 2.37. The molecule has 0 radical (unpaired) electrons. The van der Waals surface area contributed by atoms with Crippen LogP contribution in [0.4, 0.5) is 0 Å². The first-order valence-corrected chi connectivity index (χ1v) is 6.10. The average Bonchev–Trinajstić information content (AvgIpc) is 2.20. The van der Waals surface area contributed by atoms with Gasteiger partial charge in [0.2, 0.25) is 0 Å². The fourth-order valence-corrected chi connectivity index (χ4v) is 1.05. The van der Waals surface area contributed by atoms with Crippen LogP contribution in [0.3, 0.4) is 0 Å². The fraction of sp³-hybridized carbons (Fsp3) is 0.818. The summed E-state index contributed by atoms with van der Waals surface area (Å²) in [5.74, 6) is 1.23. The minimum atomic E-state index is 1.12. The maximum atomic E-state index is 3.87. The molecule has 12 heavy (non-hydrogen) atoms. The summed E-state index contributed by atoms with van der Waals surface area (Å²) < 4.78 is 0. The van der Waals surface area contributed by atoms with Gasteiger partial charge in [-0.3, -0.25) is 0 Å². The van der Waals surface area contributed by atoms with Gasteiger partial charge in [0.15, 0.2) is 0 Å². The number of allylic oxidation sites excluding steroid dienone is 1. The van der Waals surface area contributed by atoms with Gasteiger partial charge in [-0.15, -0.1) is 11.8 Å². The molecule has 0 fully saturated rings. The average molecular weight is 190 g/mol. The van der Waals surface area contributed by atoms with Crippen LogP contribution in [-0.4, -0.2) is 5.75 Å². The van der Waals surface area contributed by atoms with Gasteiger partial charge >= 0.3 is 0 Å². The second kappa shape index (κ2) is 22.5. The minimum absolute atomic E-state index is 1.12. The van der Waals surface area contributed by atoms with Gasteiger partial charge in [-0.05, 0) is 23.5 Å². The smallest absolute Gasteiger partial charge is 0.00261 e. The first-order chi connectivity index (χ1) is 5.81. The van der Waals surface area contributed by atoms with Crippen molar-refractivity contribution in [1.29, 1.82) is 0 Å². The SMILES string of the molecule is C=C(CC)SCCC.CC.CC. The van der Waals surface area contributed by atoms with Crippen LogP contribution in [-0.2, 0) is 0 Å². The first-order valence-electron chi connectivity index (χ1n) is 5.11. The number of rotatable bonds is 4. The van der Waals surface area contributed by atoms with Gasteiger partial charge in [0.25, 0.3) is 0 Å². The lowest BCUT2D eigenvalue weighted by Gasteiger charge is -1.96. The third-order valence-corrected chi connectivity index (χ3v) is 2.21. The van der Waals surface area contributed by atoms with Crippen LogP contribution in [0.15, 0.2) is 11.5 Å². The van der Waals surface area contributed by atoms with Gasteiger partial charge in [-0.2, -0.15) is 0 Å². The lowest BCUT2D eigenvalue weighted by molar-refractivity contribution is 1.10. The molecular weight excluding hydrogens is 164 g/mol. The molecule has 0 aliphatic heterocycles. The van der Waals surface area contributed by atoms with Crippen molar-refractivity contribution in [2.45, 2.75) is 54.4 Å². The lowest BCUT2D eigenvalue weighted by Crippen LogP contribution is -1.74. The van der Waals surface area contributed by atoms with Crippen molar-refractivity contribution in [3.8, 4) is 0 Å². The lowest BCUT2D eigenvalue weighted by atomic mass is 10.5. The molecule has 0 amide bonds. The Morgan fingerprint density at radius 3 is 1.75 bits per heavy atom. The molecule has 0 unspecified atom stereocenters. The molecule has 0 aromatic heterocycles. The van der Waals surface area contributed by atoms with Crippen LogP contribution < -0.4 is 0 Å². The van der Waals surface area contributed by atoms with E-state index >= 15 is 0 Å². The molecule has 0 saturated heterocycles. The summed E-state index contributed by atoms with van der Waals surface area (Å²) >= 11 is 1.88. The molecule has 0 aliphatic carbocycles. The van der Waals surface area contributed by atoms with E-state index in [9.17, 15) is 0 Å². The van der Waals surface area contributed by atoms with Crippen molar-refractivity contribution in [3.05, 3.63) is 11.5 Å². The van der Waals surface area contributed by atoms with Gasteiger partial charge in [-0.1, -0.05) is 48.1 Å². The molecule has 76 valence electrons. The minimum Gasteiger partial charge on any atom is -0.131 e. The van der Waals surface area contributed by atoms with Crippen LogP contribution in [0.2, 0.25) is 0 Å². The fourth-order valence-electron chi connectivity index (χ4n) is 0.348. The van der Waals surface area contributed by atoms with Crippen molar-refractivity contribution >= 4 is 11.8 Å². The maximum absolute atomic E-state index is 3.87. The summed E-state index contributed by atoms with van der Waals surface area (Å²) in [5.41, 5.74) is 0. The normalized spacial score (nSPS) is 7.17. The molecule has 0 aromatic carbocycles. The largest absolute Gasteiger partial charge is 0.131 e. The molecule has 0 rings (SSSR count). The molecule has 0 aliphatic rings. The Morgan fingerprint density at radius 1 is 1.08 bits per heavy atom. The Balaban J connectivity index is -0.000000175. The van der Waals surface area contributed by atoms with Gasteiger partial charge in [0.1, 0.15) is 0 Å². The van der Waals surface area contributed by atoms with Crippen LogP contribution >= 0.6 is 11.8 Å². The van der Waals surface area contributed by atoms with E-state index in [4.69, 9.17) is 0 Å². The van der Waals surface area contributed by atoms with Gasteiger partial charge in [-0.25, -0.2) is 0 Å². The van der Waals surface area contributed by atoms with E-state index < -0.39 is 0 Å². The molecular formula is C11H26S. The summed E-state index contributed by atoms with van der Waals surface area (Å²) in [6.45, 7) is 16.2. The Bertz CT molecular complexity index is 67.4. The number of thioether (sulfide) groups is 1. The Morgan fingerprint density at radius 2 is 1.50 bits per heavy atom. The van der Waals surface area contributed by atoms with Gasteiger partial charge in [0.05, 0.1) is 0 Å². The summed E-state index contributed by atoms with van der Waals surface area (Å²) in [5, 5.41) is 0. The highest BCUT2D eigenvalue weighted by molar-refractivity contribution is 8.03. The Labute approximate surface area is 83.8 Å². The quantitative estimate of drug-likeness (QED) is 0.594. The topological polar surface area (TPSA) is 0 Å². The zero-order valence-corrected chi connectivity index (χ0v) is 10.6. The Kier molecular flexibility index (Phi) is 33.7. The van der Waals surface area contributed by atoms with E-state index in [-0.39, 0.29) is 0 Å². The third kappa shape index (κ3) is 22.5. The number of hydrogen-bond donors (Lipinski definition) is 0. The molecule has 1 heteroatoms. The highest BCUT2D eigenvalue weighted by atomic mass is 32.2.